The monoisotopic (exact) mass is 263 g/mol. The summed E-state index contributed by atoms with van der Waals surface area (Å²) in [5.74, 6) is 5.02. The van der Waals surface area contributed by atoms with Crippen LogP contribution in [0.2, 0.25) is 0 Å². The van der Waals surface area contributed by atoms with Crippen molar-refractivity contribution in [2.24, 2.45) is 5.84 Å². The van der Waals surface area contributed by atoms with E-state index in [9.17, 15) is 9.59 Å². The van der Waals surface area contributed by atoms with E-state index in [0.29, 0.717) is 52.3 Å². The summed E-state index contributed by atoms with van der Waals surface area (Å²) in [7, 11) is 0. The maximum atomic E-state index is 9.80. The Morgan fingerprint density at radius 1 is 1.06 bits per heavy atom. The van der Waals surface area contributed by atoms with Gasteiger partial charge in [0.15, 0.2) is 0 Å². The Hall–Kier alpha value is -1.02. The zero-order valence-electron chi connectivity index (χ0n) is 11.0. The minimum absolute atomic E-state index is 0.511. The molecule has 0 aliphatic heterocycles. The van der Waals surface area contributed by atoms with Gasteiger partial charge in [-0.1, -0.05) is 6.92 Å². The Labute approximate surface area is 108 Å². The molecule has 18 heavy (non-hydrogen) atoms. The molecular formula is C11H25N3O4. The molecular weight excluding hydrogens is 238 g/mol. The zero-order valence-corrected chi connectivity index (χ0v) is 11.0. The smallest absolute Gasteiger partial charge is 0.207 e. The molecule has 0 aliphatic rings. The third kappa shape index (κ3) is 24.3. The van der Waals surface area contributed by atoms with Crippen molar-refractivity contribution >= 4 is 12.7 Å². The molecule has 0 bridgehead atoms. The number of unbranched alkanes of at least 4 members (excludes halogenated alkanes) is 1. The van der Waals surface area contributed by atoms with Gasteiger partial charge in [-0.05, 0) is 6.42 Å². The Morgan fingerprint density at radius 2 is 1.67 bits per heavy atom. The van der Waals surface area contributed by atoms with Crippen LogP contribution in [0.3, 0.4) is 0 Å². The molecule has 0 saturated carbocycles. The number of ether oxygens (including phenoxy) is 2. The highest BCUT2D eigenvalue weighted by atomic mass is 16.5. The predicted molar refractivity (Wildman–Crippen MR) is 68.9 cm³/mol. The van der Waals surface area contributed by atoms with Crippen molar-refractivity contribution in [3.63, 3.8) is 0 Å². The molecule has 0 heterocycles. The largest absolute Gasteiger partial charge is 0.378 e. The van der Waals surface area contributed by atoms with Gasteiger partial charge < -0.3 is 19.6 Å². The third-order valence-corrected chi connectivity index (χ3v) is 1.64. The molecule has 0 aliphatic carbocycles. The first-order valence-electron chi connectivity index (χ1n) is 6.03. The first-order valence-corrected chi connectivity index (χ1v) is 6.03. The molecule has 0 spiro atoms. The maximum absolute atomic E-state index is 9.80. The van der Waals surface area contributed by atoms with Crippen LogP contribution in [0, 0.1) is 0 Å². The molecule has 0 rings (SSSR count). The Bertz CT molecular complexity index is 170. The summed E-state index contributed by atoms with van der Waals surface area (Å²) < 4.78 is 10.2. The van der Waals surface area contributed by atoms with Crippen LogP contribution in [0.1, 0.15) is 19.8 Å². The van der Waals surface area contributed by atoms with E-state index in [2.05, 4.69) is 10.7 Å². The number of carbonyl (C=O) groups is 2. The van der Waals surface area contributed by atoms with Crippen molar-refractivity contribution in [2.75, 3.05) is 39.5 Å². The number of rotatable bonds is 12. The standard InChI is InChI=1S/C7H17N3O3.C4H8O/c8-10-2-4-13-6-5-12-3-1-9-7-11;1-2-3-4-5/h7,10H,1-6,8H2,(H,9,11);4H,2-3H2,1H3. The van der Waals surface area contributed by atoms with E-state index in [0.717, 1.165) is 12.7 Å². The van der Waals surface area contributed by atoms with Crippen molar-refractivity contribution in [3.05, 3.63) is 0 Å². The van der Waals surface area contributed by atoms with E-state index >= 15 is 0 Å². The van der Waals surface area contributed by atoms with Crippen LogP contribution >= 0.6 is 0 Å². The quantitative estimate of drug-likeness (QED) is 0.185. The highest BCUT2D eigenvalue weighted by molar-refractivity contribution is 5.48. The minimum Gasteiger partial charge on any atom is -0.378 e. The fraction of sp³-hybridized carbons (Fsp3) is 0.818. The minimum atomic E-state index is 0.511. The molecule has 7 heteroatoms. The van der Waals surface area contributed by atoms with Crippen molar-refractivity contribution in [1.82, 2.24) is 10.7 Å². The molecule has 0 saturated heterocycles. The van der Waals surface area contributed by atoms with E-state index in [4.69, 9.17) is 15.3 Å². The van der Waals surface area contributed by atoms with Crippen molar-refractivity contribution in [2.45, 2.75) is 19.8 Å². The number of amides is 1. The summed E-state index contributed by atoms with van der Waals surface area (Å²) in [6.45, 7) is 5.31. The van der Waals surface area contributed by atoms with E-state index in [1.54, 1.807) is 0 Å². The van der Waals surface area contributed by atoms with Gasteiger partial charge in [0.25, 0.3) is 0 Å². The fourth-order valence-electron chi connectivity index (χ4n) is 0.761. The number of hydrazine groups is 1. The average molecular weight is 263 g/mol. The zero-order chi connectivity index (χ0) is 13.9. The van der Waals surface area contributed by atoms with Crippen molar-refractivity contribution in [3.8, 4) is 0 Å². The van der Waals surface area contributed by atoms with Gasteiger partial charge in [-0.3, -0.25) is 16.1 Å². The second kappa shape index (κ2) is 21.3. The number of hydrogen-bond acceptors (Lipinski definition) is 6. The van der Waals surface area contributed by atoms with Gasteiger partial charge in [0.1, 0.15) is 6.29 Å². The number of nitrogens with one attached hydrogen (secondary N) is 2. The van der Waals surface area contributed by atoms with Gasteiger partial charge in [-0.25, -0.2) is 0 Å². The molecule has 1 amide bonds. The number of nitrogens with two attached hydrogens (primary N) is 1. The van der Waals surface area contributed by atoms with E-state index < -0.39 is 0 Å². The van der Waals surface area contributed by atoms with Gasteiger partial charge in [0, 0.05) is 19.5 Å². The molecule has 0 radical (unpaired) electrons. The summed E-state index contributed by atoms with van der Waals surface area (Å²) in [4.78, 5) is 19.2. The topological polar surface area (TPSA) is 103 Å². The normalized spacial score (nSPS) is 9.22. The lowest BCUT2D eigenvalue weighted by atomic mass is 10.4. The predicted octanol–water partition coefficient (Wildman–Crippen LogP) is -0.786. The second-order valence-corrected chi connectivity index (χ2v) is 3.21. The lowest BCUT2D eigenvalue weighted by molar-refractivity contribution is -0.110. The molecule has 7 nitrogen and oxygen atoms in total. The van der Waals surface area contributed by atoms with Crippen molar-refractivity contribution < 1.29 is 19.1 Å². The SMILES string of the molecule is CCCC=O.NNCCOCCOCCNC=O. The lowest BCUT2D eigenvalue weighted by Crippen LogP contribution is -2.27. The van der Waals surface area contributed by atoms with Crippen LogP contribution in [-0.2, 0) is 19.1 Å². The number of aldehydes is 1. The molecule has 0 aromatic carbocycles. The second-order valence-electron chi connectivity index (χ2n) is 3.21. The summed E-state index contributed by atoms with van der Waals surface area (Å²) in [6.07, 6.45) is 3.26. The fourth-order valence-corrected chi connectivity index (χ4v) is 0.761. The van der Waals surface area contributed by atoms with Gasteiger partial charge in [-0.2, -0.15) is 0 Å². The van der Waals surface area contributed by atoms with Crippen LogP contribution in [-0.4, -0.2) is 52.2 Å². The number of carbonyl (C=O) groups excluding carboxylic acids is 2. The lowest BCUT2D eigenvalue weighted by Gasteiger charge is -2.04. The average Bonchev–Trinajstić information content (AvgIpc) is 2.39. The van der Waals surface area contributed by atoms with Gasteiger partial charge in [0.05, 0.1) is 26.4 Å². The van der Waals surface area contributed by atoms with Crippen LogP contribution in [0.25, 0.3) is 0 Å². The van der Waals surface area contributed by atoms with Crippen LogP contribution in [0.15, 0.2) is 0 Å². The summed E-state index contributed by atoms with van der Waals surface area (Å²) in [6, 6.07) is 0. The Kier molecular flexibility index (Phi) is 22.8. The highest BCUT2D eigenvalue weighted by Gasteiger charge is 1.88. The van der Waals surface area contributed by atoms with Crippen molar-refractivity contribution in [1.29, 1.82) is 0 Å². The van der Waals surface area contributed by atoms with Gasteiger partial charge >= 0.3 is 0 Å². The van der Waals surface area contributed by atoms with E-state index in [1.807, 2.05) is 6.92 Å². The van der Waals surface area contributed by atoms with Gasteiger partial charge in [0.2, 0.25) is 6.41 Å². The first-order chi connectivity index (χ1) is 8.83. The molecule has 0 aromatic heterocycles. The highest BCUT2D eigenvalue weighted by Crippen LogP contribution is 1.77. The van der Waals surface area contributed by atoms with Crippen LogP contribution in [0.4, 0.5) is 0 Å². The van der Waals surface area contributed by atoms with E-state index in [-0.39, 0.29) is 0 Å². The first kappa shape index (κ1) is 19.3. The molecule has 108 valence electrons. The van der Waals surface area contributed by atoms with Crippen LogP contribution in [0.5, 0.6) is 0 Å². The molecule has 0 aromatic rings. The molecule has 4 N–H and O–H groups in total. The maximum Gasteiger partial charge on any atom is 0.207 e. The molecule has 0 atom stereocenters. The summed E-state index contributed by atoms with van der Waals surface area (Å²) in [5.41, 5.74) is 2.47. The molecule has 0 unspecified atom stereocenters. The number of hydrogen-bond donors (Lipinski definition) is 3. The van der Waals surface area contributed by atoms with E-state index in [1.165, 1.54) is 0 Å². The summed E-state index contributed by atoms with van der Waals surface area (Å²) >= 11 is 0. The Balaban J connectivity index is 0. The van der Waals surface area contributed by atoms with Gasteiger partial charge in [-0.15, -0.1) is 0 Å². The summed E-state index contributed by atoms with van der Waals surface area (Å²) in [5, 5.41) is 2.49. The van der Waals surface area contributed by atoms with Crippen LogP contribution < -0.4 is 16.6 Å². The molecule has 0 fully saturated rings. The third-order valence-electron chi connectivity index (χ3n) is 1.64. The Morgan fingerprint density at radius 3 is 2.06 bits per heavy atom.